The molecule has 0 spiro atoms. The number of nitrogens with one attached hydrogen (secondary N) is 1. The van der Waals surface area contributed by atoms with Crippen molar-refractivity contribution >= 4 is 22.2 Å². The molecule has 0 aliphatic carbocycles. The van der Waals surface area contributed by atoms with Crippen LogP contribution in [0.15, 0.2) is 60.7 Å². The van der Waals surface area contributed by atoms with Crippen molar-refractivity contribution in [2.24, 2.45) is 0 Å². The Kier molecular flexibility index (Phi) is 7.35. The van der Waals surface area contributed by atoms with Gasteiger partial charge in [-0.15, -0.1) is 0 Å². The van der Waals surface area contributed by atoms with E-state index in [1.165, 1.54) is 0 Å². The molecule has 0 radical (unpaired) electrons. The van der Waals surface area contributed by atoms with E-state index >= 15 is 0 Å². The monoisotopic (exact) mass is 421 g/mol. The number of aliphatic carboxylic acids is 1. The summed E-state index contributed by atoms with van der Waals surface area (Å²) < 4.78 is 33.4. The lowest BCUT2D eigenvalue weighted by Crippen LogP contribution is -2.58. The molecule has 8 nitrogen and oxygen atoms in total. The number of carbonyl (C=O) groups excluding carboxylic acids is 1. The van der Waals surface area contributed by atoms with Crippen molar-refractivity contribution in [3.8, 4) is 0 Å². The number of carboxylic acid groups (broad SMARTS) is 1. The predicted molar refractivity (Wildman–Crippen MR) is 106 cm³/mol. The van der Waals surface area contributed by atoms with E-state index in [-0.39, 0.29) is 13.0 Å². The summed E-state index contributed by atoms with van der Waals surface area (Å²) in [5.41, 5.74) is -0.809. The van der Waals surface area contributed by atoms with E-state index in [1.807, 2.05) is 6.07 Å². The minimum Gasteiger partial charge on any atom is -0.479 e. The standard InChI is InChI=1S/C20H23NO7S/c1-20(18(22)23,28-29(2,25)26)17(13-15-9-5-3-6-10-15)21-19(24)27-14-16-11-7-4-8-12-16/h3-12,17H,13-14H2,1-2H3,(H,21,24)(H,22,23)/t17-,20+/m0/s1. The molecule has 0 unspecified atom stereocenters. The van der Waals surface area contributed by atoms with Crippen LogP contribution in [0.1, 0.15) is 18.1 Å². The maximum absolute atomic E-state index is 12.3. The highest BCUT2D eigenvalue weighted by atomic mass is 32.2. The second kappa shape index (κ2) is 9.53. The molecule has 156 valence electrons. The first-order valence-electron chi connectivity index (χ1n) is 8.75. The highest BCUT2D eigenvalue weighted by molar-refractivity contribution is 7.86. The summed E-state index contributed by atoms with van der Waals surface area (Å²) in [7, 11) is -4.13. The minimum atomic E-state index is -4.13. The molecule has 2 atom stereocenters. The van der Waals surface area contributed by atoms with Crippen molar-refractivity contribution in [3.63, 3.8) is 0 Å². The molecule has 9 heteroatoms. The van der Waals surface area contributed by atoms with E-state index in [0.29, 0.717) is 5.56 Å². The van der Waals surface area contributed by atoms with Gasteiger partial charge < -0.3 is 15.2 Å². The Labute approximate surface area is 169 Å². The van der Waals surface area contributed by atoms with Crippen LogP contribution in [-0.4, -0.2) is 43.5 Å². The molecule has 0 aliphatic rings. The van der Waals surface area contributed by atoms with E-state index in [1.54, 1.807) is 54.6 Å². The first-order chi connectivity index (χ1) is 13.6. The minimum absolute atomic E-state index is 0.0135. The molecule has 0 fully saturated rings. The first kappa shape index (κ1) is 22.4. The van der Waals surface area contributed by atoms with Crippen LogP contribution in [0.4, 0.5) is 4.79 Å². The van der Waals surface area contributed by atoms with Crippen molar-refractivity contribution in [1.82, 2.24) is 5.32 Å². The molecular weight excluding hydrogens is 398 g/mol. The van der Waals surface area contributed by atoms with Gasteiger partial charge in [0.2, 0.25) is 5.60 Å². The number of benzene rings is 2. The molecule has 2 N–H and O–H groups in total. The van der Waals surface area contributed by atoms with Crippen molar-refractivity contribution < 1.29 is 32.0 Å². The maximum atomic E-state index is 12.3. The number of amides is 1. The summed E-state index contributed by atoms with van der Waals surface area (Å²) in [6, 6.07) is 16.4. The van der Waals surface area contributed by atoms with E-state index in [9.17, 15) is 23.1 Å². The van der Waals surface area contributed by atoms with Crippen molar-refractivity contribution in [3.05, 3.63) is 71.8 Å². The van der Waals surface area contributed by atoms with E-state index < -0.39 is 33.8 Å². The van der Waals surface area contributed by atoms with Crippen LogP contribution in [0.3, 0.4) is 0 Å². The molecule has 0 bridgehead atoms. The van der Waals surface area contributed by atoms with Gasteiger partial charge in [-0.2, -0.15) is 8.42 Å². The fourth-order valence-corrected chi connectivity index (χ4v) is 3.51. The van der Waals surface area contributed by atoms with E-state index in [0.717, 1.165) is 18.7 Å². The van der Waals surface area contributed by atoms with Crippen molar-refractivity contribution in [2.45, 2.75) is 31.6 Å². The molecule has 0 saturated heterocycles. The van der Waals surface area contributed by atoms with Crippen LogP contribution < -0.4 is 5.32 Å². The lowest BCUT2D eigenvalue weighted by atomic mass is 9.91. The Morgan fingerprint density at radius 1 is 1.03 bits per heavy atom. The summed E-state index contributed by atoms with van der Waals surface area (Å²) in [5.74, 6) is -1.53. The largest absolute Gasteiger partial charge is 0.479 e. The molecule has 0 aliphatic heterocycles. The average Bonchev–Trinajstić information content (AvgIpc) is 2.66. The molecule has 2 aromatic carbocycles. The molecule has 0 aromatic heterocycles. The zero-order chi connectivity index (χ0) is 21.5. The van der Waals surface area contributed by atoms with Crippen molar-refractivity contribution in [2.75, 3.05) is 6.26 Å². The summed E-state index contributed by atoms with van der Waals surface area (Å²) in [4.78, 5) is 24.2. The molecular formula is C20H23NO7S. The van der Waals surface area contributed by atoms with Crippen LogP contribution in [0, 0.1) is 0 Å². The molecule has 2 aromatic rings. The number of hydrogen-bond acceptors (Lipinski definition) is 6. The lowest BCUT2D eigenvalue weighted by molar-refractivity contribution is -0.155. The van der Waals surface area contributed by atoms with Gasteiger partial charge in [0.25, 0.3) is 10.1 Å². The van der Waals surface area contributed by atoms with Gasteiger partial charge in [-0.05, 0) is 24.5 Å². The zero-order valence-electron chi connectivity index (χ0n) is 16.1. The summed E-state index contributed by atoms with van der Waals surface area (Å²) in [6.45, 7) is 1.07. The van der Waals surface area contributed by atoms with E-state index in [2.05, 4.69) is 5.32 Å². The van der Waals surface area contributed by atoms with Crippen molar-refractivity contribution in [1.29, 1.82) is 0 Å². The van der Waals surface area contributed by atoms with Gasteiger partial charge in [0.1, 0.15) is 6.61 Å². The number of carboxylic acids is 1. The van der Waals surface area contributed by atoms with Gasteiger partial charge in [-0.25, -0.2) is 13.8 Å². The third-order valence-corrected chi connectivity index (χ3v) is 4.85. The molecule has 0 saturated carbocycles. The Morgan fingerprint density at radius 3 is 2.03 bits per heavy atom. The van der Waals surface area contributed by atoms with Gasteiger partial charge in [0, 0.05) is 0 Å². The second-order valence-electron chi connectivity index (χ2n) is 6.65. The molecule has 1 amide bonds. The van der Waals surface area contributed by atoms with Gasteiger partial charge in [0.15, 0.2) is 0 Å². The molecule has 2 rings (SSSR count). The normalized spacial score (nSPS) is 14.4. The first-order valence-corrected chi connectivity index (χ1v) is 10.6. The fraction of sp³-hybridized carbons (Fsp3) is 0.300. The number of carbonyl (C=O) groups is 2. The van der Waals surface area contributed by atoms with Crippen LogP contribution in [-0.2, 0) is 36.9 Å². The zero-order valence-corrected chi connectivity index (χ0v) is 16.9. The third kappa shape index (κ3) is 6.88. The Balaban J connectivity index is 2.23. The van der Waals surface area contributed by atoms with Crippen LogP contribution >= 0.6 is 0 Å². The van der Waals surface area contributed by atoms with Crippen LogP contribution in [0.5, 0.6) is 0 Å². The SMILES string of the molecule is C[C@](OS(C)(=O)=O)(C(=O)O)[C@H](Cc1ccccc1)NC(=O)OCc1ccccc1. The quantitative estimate of drug-likeness (QED) is 0.597. The van der Waals surface area contributed by atoms with Gasteiger partial charge in [-0.3, -0.25) is 0 Å². The average molecular weight is 421 g/mol. The summed E-state index contributed by atoms with van der Waals surface area (Å²) in [5, 5.41) is 12.1. The van der Waals surface area contributed by atoms with Crippen LogP contribution in [0.2, 0.25) is 0 Å². The highest BCUT2D eigenvalue weighted by Crippen LogP contribution is 2.23. The predicted octanol–water partition coefficient (Wildman–Crippen LogP) is 2.34. The van der Waals surface area contributed by atoms with Gasteiger partial charge >= 0.3 is 12.1 Å². The Morgan fingerprint density at radius 2 is 1.55 bits per heavy atom. The number of alkyl carbamates (subject to hydrolysis) is 1. The number of hydrogen-bond donors (Lipinski definition) is 2. The third-order valence-electron chi connectivity index (χ3n) is 4.20. The topological polar surface area (TPSA) is 119 Å². The Bertz CT molecular complexity index is 932. The number of rotatable bonds is 9. The highest BCUT2D eigenvalue weighted by Gasteiger charge is 2.47. The Hall–Kier alpha value is -2.91. The molecule has 0 heterocycles. The smallest absolute Gasteiger partial charge is 0.407 e. The lowest BCUT2D eigenvalue weighted by Gasteiger charge is -2.33. The number of ether oxygens (including phenoxy) is 1. The summed E-state index contributed by atoms with van der Waals surface area (Å²) >= 11 is 0. The summed E-state index contributed by atoms with van der Waals surface area (Å²) in [6.07, 6.45) is -0.125. The van der Waals surface area contributed by atoms with Crippen LogP contribution in [0.25, 0.3) is 0 Å². The molecule has 29 heavy (non-hydrogen) atoms. The second-order valence-corrected chi connectivity index (χ2v) is 8.22. The maximum Gasteiger partial charge on any atom is 0.407 e. The fourth-order valence-electron chi connectivity index (χ4n) is 2.70. The van der Waals surface area contributed by atoms with E-state index in [4.69, 9.17) is 8.92 Å². The van der Waals surface area contributed by atoms with Gasteiger partial charge in [0.05, 0.1) is 12.3 Å². The van der Waals surface area contributed by atoms with Gasteiger partial charge in [-0.1, -0.05) is 60.7 Å².